The topological polar surface area (TPSA) is 36.9 Å². The largest absolute Gasteiger partial charge is 0.502 e. The number of hydrogen-bond donors (Lipinski definition) is 0. The summed E-state index contributed by atoms with van der Waals surface area (Å²) < 4.78 is 22.0. The molecule has 0 saturated carbocycles. The van der Waals surface area contributed by atoms with E-state index < -0.39 is 8.80 Å². The molecule has 0 amide bonds. The summed E-state index contributed by atoms with van der Waals surface area (Å²) in [6, 6.07) is 0.719. The Labute approximate surface area is 101 Å². The third-order valence-corrected chi connectivity index (χ3v) is 5.54. The highest BCUT2D eigenvalue weighted by Crippen LogP contribution is 2.19. The van der Waals surface area contributed by atoms with Crippen LogP contribution in [-0.2, 0) is 18.0 Å². The monoisotopic (exact) mass is 250 g/mol. The summed E-state index contributed by atoms with van der Waals surface area (Å²) in [5.74, 6) is 0. The van der Waals surface area contributed by atoms with Crippen LogP contribution in [0.25, 0.3) is 0 Å². The SMILES string of the molecule is CCCCOC(CC)C[Si](OC)(OC)OC. The van der Waals surface area contributed by atoms with Gasteiger partial charge in [-0.25, -0.2) is 0 Å². The smallest absolute Gasteiger partial charge is 0.378 e. The molecule has 0 fully saturated rings. The molecule has 0 aliphatic carbocycles. The molecule has 98 valence electrons. The van der Waals surface area contributed by atoms with Crippen molar-refractivity contribution in [3.63, 3.8) is 0 Å². The highest BCUT2D eigenvalue weighted by atomic mass is 28.4. The fraction of sp³-hybridized carbons (Fsp3) is 1.00. The van der Waals surface area contributed by atoms with Crippen LogP contribution in [0.4, 0.5) is 0 Å². The molecule has 0 aromatic heterocycles. The standard InChI is InChI=1S/C11H26O4Si/c1-6-8-9-15-11(7-2)10-16(12-3,13-4)14-5/h11H,6-10H2,1-5H3. The predicted molar refractivity (Wildman–Crippen MR) is 66.5 cm³/mol. The van der Waals surface area contributed by atoms with Crippen LogP contribution in [0.3, 0.4) is 0 Å². The van der Waals surface area contributed by atoms with Gasteiger partial charge in [0.15, 0.2) is 0 Å². The van der Waals surface area contributed by atoms with Gasteiger partial charge in [-0.3, -0.25) is 0 Å². The summed E-state index contributed by atoms with van der Waals surface area (Å²) in [4.78, 5) is 0. The Kier molecular flexibility index (Phi) is 9.16. The van der Waals surface area contributed by atoms with E-state index in [9.17, 15) is 0 Å². The average molecular weight is 250 g/mol. The van der Waals surface area contributed by atoms with Gasteiger partial charge < -0.3 is 18.0 Å². The summed E-state index contributed by atoms with van der Waals surface area (Å²) in [5, 5.41) is 0. The van der Waals surface area contributed by atoms with Gasteiger partial charge >= 0.3 is 8.80 Å². The molecule has 0 saturated heterocycles. The number of hydrogen-bond acceptors (Lipinski definition) is 4. The van der Waals surface area contributed by atoms with Crippen molar-refractivity contribution in [2.24, 2.45) is 0 Å². The zero-order valence-corrected chi connectivity index (χ0v) is 12.2. The van der Waals surface area contributed by atoms with E-state index in [0.717, 1.165) is 31.9 Å². The third-order valence-electron chi connectivity index (χ3n) is 2.72. The molecule has 5 heteroatoms. The second-order valence-electron chi connectivity index (χ2n) is 3.75. The number of unbranched alkanes of at least 4 members (excludes halogenated alkanes) is 1. The highest BCUT2D eigenvalue weighted by molar-refractivity contribution is 6.60. The Morgan fingerprint density at radius 3 is 1.94 bits per heavy atom. The minimum absolute atomic E-state index is 0.165. The Hall–Kier alpha value is 0.0569. The first-order valence-corrected chi connectivity index (χ1v) is 7.88. The minimum atomic E-state index is -2.49. The van der Waals surface area contributed by atoms with Gasteiger partial charge in [-0.05, 0) is 12.8 Å². The van der Waals surface area contributed by atoms with E-state index >= 15 is 0 Å². The van der Waals surface area contributed by atoms with E-state index in [0.29, 0.717) is 0 Å². The van der Waals surface area contributed by atoms with Gasteiger partial charge in [0.25, 0.3) is 0 Å². The van der Waals surface area contributed by atoms with Crippen molar-refractivity contribution in [1.82, 2.24) is 0 Å². The van der Waals surface area contributed by atoms with Crippen molar-refractivity contribution in [3.05, 3.63) is 0 Å². The summed E-state index contributed by atoms with van der Waals surface area (Å²) in [6.07, 6.45) is 3.36. The first kappa shape index (κ1) is 16.1. The van der Waals surface area contributed by atoms with E-state index in [-0.39, 0.29) is 6.10 Å². The second-order valence-corrected chi connectivity index (χ2v) is 6.75. The molecule has 0 radical (unpaired) electrons. The molecule has 0 spiro atoms. The molecular formula is C11H26O4Si. The van der Waals surface area contributed by atoms with Crippen molar-refractivity contribution in [2.75, 3.05) is 27.9 Å². The van der Waals surface area contributed by atoms with E-state index in [1.807, 2.05) is 0 Å². The third kappa shape index (κ3) is 5.40. The number of ether oxygens (including phenoxy) is 1. The average Bonchev–Trinajstić information content (AvgIpc) is 2.34. The molecule has 0 aromatic rings. The maximum absolute atomic E-state index is 5.79. The van der Waals surface area contributed by atoms with Gasteiger partial charge in [0.1, 0.15) is 0 Å². The lowest BCUT2D eigenvalue weighted by atomic mass is 10.3. The van der Waals surface area contributed by atoms with Gasteiger partial charge in [0, 0.05) is 34.0 Å². The van der Waals surface area contributed by atoms with E-state index in [1.54, 1.807) is 21.3 Å². The van der Waals surface area contributed by atoms with E-state index in [2.05, 4.69) is 13.8 Å². The van der Waals surface area contributed by atoms with Crippen LogP contribution in [0, 0.1) is 0 Å². The fourth-order valence-electron chi connectivity index (χ4n) is 1.49. The normalized spacial score (nSPS) is 14.1. The molecule has 1 atom stereocenters. The van der Waals surface area contributed by atoms with E-state index in [1.165, 1.54) is 0 Å². The van der Waals surface area contributed by atoms with Gasteiger partial charge in [0.05, 0.1) is 6.10 Å². The first-order chi connectivity index (χ1) is 7.67. The van der Waals surface area contributed by atoms with Crippen LogP contribution in [0.1, 0.15) is 33.1 Å². The lowest BCUT2D eigenvalue weighted by molar-refractivity contribution is 0.0383. The quantitative estimate of drug-likeness (QED) is 0.441. The first-order valence-electron chi connectivity index (χ1n) is 5.95. The van der Waals surface area contributed by atoms with Crippen LogP contribution >= 0.6 is 0 Å². The molecule has 0 aliphatic rings. The lowest BCUT2D eigenvalue weighted by Crippen LogP contribution is -2.46. The lowest BCUT2D eigenvalue weighted by Gasteiger charge is -2.28. The van der Waals surface area contributed by atoms with Gasteiger partial charge in [-0.15, -0.1) is 0 Å². The van der Waals surface area contributed by atoms with Gasteiger partial charge in [0.2, 0.25) is 0 Å². The van der Waals surface area contributed by atoms with Crippen LogP contribution in [0.5, 0.6) is 0 Å². The maximum atomic E-state index is 5.79. The summed E-state index contributed by atoms with van der Waals surface area (Å²) >= 11 is 0. The maximum Gasteiger partial charge on any atom is 0.502 e. The molecule has 16 heavy (non-hydrogen) atoms. The Bertz CT molecular complexity index is 154. The van der Waals surface area contributed by atoms with Crippen LogP contribution in [-0.4, -0.2) is 42.8 Å². The highest BCUT2D eigenvalue weighted by Gasteiger charge is 2.40. The van der Waals surface area contributed by atoms with Crippen molar-refractivity contribution in [2.45, 2.75) is 45.3 Å². The molecule has 0 N–H and O–H groups in total. The Morgan fingerprint density at radius 1 is 1.00 bits per heavy atom. The van der Waals surface area contributed by atoms with Gasteiger partial charge in [-0.1, -0.05) is 20.3 Å². The molecule has 4 nitrogen and oxygen atoms in total. The van der Waals surface area contributed by atoms with Crippen LogP contribution in [0.2, 0.25) is 6.04 Å². The fourth-order valence-corrected chi connectivity index (χ4v) is 3.46. The number of rotatable bonds is 10. The summed E-state index contributed by atoms with van der Waals surface area (Å²) in [6.45, 7) is 5.07. The Morgan fingerprint density at radius 2 is 1.56 bits per heavy atom. The van der Waals surface area contributed by atoms with Crippen molar-refractivity contribution < 1.29 is 18.0 Å². The molecule has 1 unspecified atom stereocenters. The van der Waals surface area contributed by atoms with Crippen molar-refractivity contribution in [3.8, 4) is 0 Å². The van der Waals surface area contributed by atoms with Gasteiger partial charge in [-0.2, -0.15) is 0 Å². The molecule has 0 aromatic carbocycles. The predicted octanol–water partition coefficient (Wildman–Crippen LogP) is 2.46. The van der Waals surface area contributed by atoms with Crippen LogP contribution in [0.15, 0.2) is 0 Å². The second kappa shape index (κ2) is 9.12. The molecule has 0 aliphatic heterocycles. The Balaban J connectivity index is 4.15. The van der Waals surface area contributed by atoms with E-state index in [4.69, 9.17) is 18.0 Å². The molecule has 0 bridgehead atoms. The summed E-state index contributed by atoms with van der Waals surface area (Å²) in [5.41, 5.74) is 0. The van der Waals surface area contributed by atoms with Crippen molar-refractivity contribution >= 4 is 8.80 Å². The molecule has 0 rings (SSSR count). The molecular weight excluding hydrogens is 224 g/mol. The molecule has 0 heterocycles. The van der Waals surface area contributed by atoms with Crippen molar-refractivity contribution in [1.29, 1.82) is 0 Å². The zero-order chi connectivity index (χ0) is 12.4. The minimum Gasteiger partial charge on any atom is -0.378 e. The van der Waals surface area contributed by atoms with Crippen LogP contribution < -0.4 is 0 Å². The summed E-state index contributed by atoms with van der Waals surface area (Å²) in [7, 11) is 2.42. The zero-order valence-electron chi connectivity index (χ0n) is 11.2.